The van der Waals surface area contributed by atoms with Crippen molar-refractivity contribution in [3.05, 3.63) is 0 Å². The van der Waals surface area contributed by atoms with Crippen LogP contribution in [-0.2, 0) is 0 Å². The predicted molar refractivity (Wildman–Crippen MR) is 62.5 cm³/mol. The molecule has 1 aliphatic rings. The minimum absolute atomic E-state index is 0.738. The Labute approximate surface area is 89.1 Å². The molecule has 0 aromatic rings. The Hall–Kier alpha value is -0.0800. The normalized spacial score (nSPS) is 29.6. The zero-order valence-corrected chi connectivity index (χ0v) is 10.2. The molecule has 1 rings (SSSR count). The summed E-state index contributed by atoms with van der Waals surface area (Å²) in [7, 11) is 0. The quantitative estimate of drug-likeness (QED) is 0.746. The topological polar surface area (TPSA) is 15.3 Å². The average molecular weight is 198 g/mol. The van der Waals surface area contributed by atoms with Crippen LogP contribution >= 0.6 is 0 Å². The summed E-state index contributed by atoms with van der Waals surface area (Å²) in [5.74, 6) is 1.62. The largest absolute Gasteiger partial charge is 0.315 e. The summed E-state index contributed by atoms with van der Waals surface area (Å²) in [6, 6.07) is 0.738. The van der Waals surface area contributed by atoms with Crippen LogP contribution in [0.3, 0.4) is 0 Å². The Morgan fingerprint density at radius 1 is 1.43 bits per heavy atom. The summed E-state index contributed by atoms with van der Waals surface area (Å²) in [6.07, 6.45) is 1.29. The third kappa shape index (κ3) is 3.25. The molecule has 0 bridgehead atoms. The molecule has 2 unspecified atom stereocenters. The highest BCUT2D eigenvalue weighted by atomic mass is 15.2. The van der Waals surface area contributed by atoms with E-state index in [9.17, 15) is 0 Å². The molecule has 0 saturated carbocycles. The van der Waals surface area contributed by atoms with Crippen molar-refractivity contribution in [2.75, 3.05) is 26.2 Å². The number of hydrogen-bond donors (Lipinski definition) is 1. The van der Waals surface area contributed by atoms with Crippen LogP contribution in [0.1, 0.15) is 34.1 Å². The molecule has 1 aliphatic heterocycles. The van der Waals surface area contributed by atoms with Gasteiger partial charge in [0.25, 0.3) is 0 Å². The molecule has 3 atom stereocenters. The molecule has 0 aliphatic carbocycles. The third-order valence-electron chi connectivity index (χ3n) is 3.66. The first-order chi connectivity index (χ1) is 6.65. The number of hydrogen-bond acceptors (Lipinski definition) is 2. The van der Waals surface area contributed by atoms with E-state index >= 15 is 0 Å². The standard InChI is InChI=1S/C12H26N2/c1-5-11(3)12(4)14-7-6-13-8-10(2)9-14/h10-13H,5-9H2,1-4H3/t10-,11?,12?/m0/s1. The van der Waals surface area contributed by atoms with Gasteiger partial charge in [0.1, 0.15) is 0 Å². The smallest absolute Gasteiger partial charge is 0.0110 e. The van der Waals surface area contributed by atoms with E-state index in [1.807, 2.05) is 0 Å². The summed E-state index contributed by atoms with van der Waals surface area (Å²) in [4.78, 5) is 2.65. The van der Waals surface area contributed by atoms with Crippen LogP contribution < -0.4 is 5.32 Å². The van der Waals surface area contributed by atoms with Crippen molar-refractivity contribution >= 4 is 0 Å². The van der Waals surface area contributed by atoms with Gasteiger partial charge in [-0.2, -0.15) is 0 Å². The molecule has 14 heavy (non-hydrogen) atoms. The van der Waals surface area contributed by atoms with E-state index in [0.717, 1.165) is 24.4 Å². The van der Waals surface area contributed by atoms with Crippen LogP contribution in [0.2, 0.25) is 0 Å². The maximum atomic E-state index is 3.50. The first-order valence-electron chi connectivity index (χ1n) is 6.09. The molecule has 2 heteroatoms. The monoisotopic (exact) mass is 198 g/mol. The Balaban J connectivity index is 2.47. The summed E-state index contributed by atoms with van der Waals surface area (Å²) < 4.78 is 0. The second-order valence-electron chi connectivity index (χ2n) is 4.93. The van der Waals surface area contributed by atoms with Gasteiger partial charge >= 0.3 is 0 Å². The number of nitrogens with one attached hydrogen (secondary N) is 1. The van der Waals surface area contributed by atoms with Crippen LogP contribution in [0.4, 0.5) is 0 Å². The van der Waals surface area contributed by atoms with E-state index in [0.29, 0.717) is 0 Å². The van der Waals surface area contributed by atoms with Crippen molar-refractivity contribution < 1.29 is 0 Å². The molecule has 0 radical (unpaired) electrons. The fourth-order valence-corrected chi connectivity index (χ4v) is 2.20. The minimum atomic E-state index is 0.738. The highest BCUT2D eigenvalue weighted by molar-refractivity contribution is 4.77. The Kier molecular flexibility index (Phi) is 4.90. The first kappa shape index (κ1) is 12.0. The van der Waals surface area contributed by atoms with Gasteiger partial charge in [0, 0.05) is 25.7 Å². The lowest BCUT2D eigenvalue weighted by atomic mass is 9.98. The molecule has 0 spiro atoms. The number of rotatable bonds is 3. The lowest BCUT2D eigenvalue weighted by Gasteiger charge is -2.32. The fourth-order valence-electron chi connectivity index (χ4n) is 2.20. The highest BCUT2D eigenvalue weighted by Crippen LogP contribution is 2.16. The second-order valence-corrected chi connectivity index (χ2v) is 4.93. The summed E-state index contributed by atoms with van der Waals surface area (Å²) in [6.45, 7) is 14.2. The Bertz CT molecular complexity index is 158. The maximum absolute atomic E-state index is 3.50. The minimum Gasteiger partial charge on any atom is -0.315 e. The van der Waals surface area contributed by atoms with Crippen molar-refractivity contribution in [1.82, 2.24) is 10.2 Å². The van der Waals surface area contributed by atoms with Gasteiger partial charge in [0.05, 0.1) is 0 Å². The molecule has 84 valence electrons. The van der Waals surface area contributed by atoms with Crippen LogP contribution in [0.15, 0.2) is 0 Å². The maximum Gasteiger partial charge on any atom is 0.0110 e. The van der Waals surface area contributed by atoms with Crippen molar-refractivity contribution in [2.45, 2.75) is 40.2 Å². The summed E-state index contributed by atoms with van der Waals surface area (Å²) in [5, 5.41) is 3.50. The van der Waals surface area contributed by atoms with E-state index in [-0.39, 0.29) is 0 Å². The second kappa shape index (κ2) is 5.72. The van der Waals surface area contributed by atoms with Gasteiger partial charge in [-0.05, 0) is 25.3 Å². The van der Waals surface area contributed by atoms with Gasteiger partial charge in [-0.1, -0.05) is 27.2 Å². The zero-order chi connectivity index (χ0) is 10.6. The van der Waals surface area contributed by atoms with Crippen molar-refractivity contribution in [3.8, 4) is 0 Å². The van der Waals surface area contributed by atoms with Gasteiger partial charge in [0.15, 0.2) is 0 Å². The average Bonchev–Trinajstić information content (AvgIpc) is 2.40. The fraction of sp³-hybridized carbons (Fsp3) is 1.00. The molecule has 0 aromatic carbocycles. The van der Waals surface area contributed by atoms with E-state index in [1.165, 1.54) is 26.1 Å². The van der Waals surface area contributed by atoms with Gasteiger partial charge < -0.3 is 5.32 Å². The van der Waals surface area contributed by atoms with Crippen LogP contribution in [0.25, 0.3) is 0 Å². The van der Waals surface area contributed by atoms with Crippen molar-refractivity contribution in [2.24, 2.45) is 11.8 Å². The lowest BCUT2D eigenvalue weighted by Crippen LogP contribution is -2.40. The molecule has 1 N–H and O–H groups in total. The third-order valence-corrected chi connectivity index (χ3v) is 3.66. The van der Waals surface area contributed by atoms with Crippen LogP contribution in [-0.4, -0.2) is 37.1 Å². The van der Waals surface area contributed by atoms with E-state index in [4.69, 9.17) is 0 Å². The molecule has 1 saturated heterocycles. The van der Waals surface area contributed by atoms with Crippen molar-refractivity contribution in [3.63, 3.8) is 0 Å². The van der Waals surface area contributed by atoms with Gasteiger partial charge in [-0.25, -0.2) is 0 Å². The summed E-state index contributed by atoms with van der Waals surface area (Å²) in [5.41, 5.74) is 0. The molecule has 1 fully saturated rings. The van der Waals surface area contributed by atoms with Crippen molar-refractivity contribution in [1.29, 1.82) is 0 Å². The SMILES string of the molecule is CCC(C)C(C)N1CCNC[C@H](C)C1. The van der Waals surface area contributed by atoms with E-state index in [2.05, 4.69) is 37.9 Å². The van der Waals surface area contributed by atoms with Crippen LogP contribution in [0.5, 0.6) is 0 Å². The molecule has 0 aromatic heterocycles. The first-order valence-corrected chi connectivity index (χ1v) is 6.09. The van der Waals surface area contributed by atoms with Gasteiger partial charge in [-0.3, -0.25) is 4.90 Å². The lowest BCUT2D eigenvalue weighted by molar-refractivity contribution is 0.154. The molecule has 2 nitrogen and oxygen atoms in total. The zero-order valence-electron chi connectivity index (χ0n) is 10.2. The molecule has 1 heterocycles. The molecular weight excluding hydrogens is 172 g/mol. The summed E-state index contributed by atoms with van der Waals surface area (Å²) >= 11 is 0. The molecule has 0 amide bonds. The molecular formula is C12H26N2. The Morgan fingerprint density at radius 2 is 2.14 bits per heavy atom. The Morgan fingerprint density at radius 3 is 2.79 bits per heavy atom. The van der Waals surface area contributed by atoms with Gasteiger partial charge in [-0.15, -0.1) is 0 Å². The van der Waals surface area contributed by atoms with E-state index in [1.54, 1.807) is 0 Å². The number of nitrogens with zero attached hydrogens (tertiary/aromatic N) is 1. The van der Waals surface area contributed by atoms with E-state index < -0.39 is 0 Å². The predicted octanol–water partition coefficient (Wildman–Crippen LogP) is 1.96. The van der Waals surface area contributed by atoms with Gasteiger partial charge in [0.2, 0.25) is 0 Å². The van der Waals surface area contributed by atoms with Crippen LogP contribution in [0, 0.1) is 11.8 Å². The highest BCUT2D eigenvalue weighted by Gasteiger charge is 2.22.